The topological polar surface area (TPSA) is 74.2 Å². The summed E-state index contributed by atoms with van der Waals surface area (Å²) in [5, 5.41) is 3.99. The molecule has 0 saturated heterocycles. The van der Waals surface area contributed by atoms with Gasteiger partial charge in [-0.25, -0.2) is 0 Å². The highest BCUT2D eigenvalue weighted by Crippen LogP contribution is 2.36. The lowest BCUT2D eigenvalue weighted by atomic mass is 9.80. The molecule has 2 rings (SSSR count). The Hall–Kier alpha value is -0.940. The summed E-state index contributed by atoms with van der Waals surface area (Å²) in [5.74, 6) is 1.34. The SMILES string of the molecule is CCOCc1noc(C2(CN)CCCCCC2)n1. The van der Waals surface area contributed by atoms with Crippen LogP contribution in [0.25, 0.3) is 0 Å². The summed E-state index contributed by atoms with van der Waals surface area (Å²) >= 11 is 0. The van der Waals surface area contributed by atoms with Crippen molar-refractivity contribution in [1.29, 1.82) is 0 Å². The third kappa shape index (κ3) is 2.90. The molecule has 0 aromatic carbocycles. The van der Waals surface area contributed by atoms with E-state index in [0.717, 1.165) is 12.8 Å². The Morgan fingerprint density at radius 1 is 1.28 bits per heavy atom. The third-order valence-corrected chi connectivity index (χ3v) is 3.81. The second kappa shape index (κ2) is 6.29. The molecule has 102 valence electrons. The predicted octanol–water partition coefficient (Wildman–Crippen LogP) is 2.16. The van der Waals surface area contributed by atoms with Crippen LogP contribution in [0.4, 0.5) is 0 Å². The Balaban J connectivity index is 2.12. The molecule has 0 bridgehead atoms. The molecule has 1 aromatic rings. The zero-order valence-electron chi connectivity index (χ0n) is 11.2. The van der Waals surface area contributed by atoms with E-state index in [1.54, 1.807) is 0 Å². The van der Waals surface area contributed by atoms with Gasteiger partial charge in [0.2, 0.25) is 5.89 Å². The second-order valence-corrected chi connectivity index (χ2v) is 5.05. The summed E-state index contributed by atoms with van der Waals surface area (Å²) in [4.78, 5) is 4.47. The Morgan fingerprint density at radius 2 is 2.00 bits per heavy atom. The number of rotatable bonds is 5. The van der Waals surface area contributed by atoms with Crippen molar-refractivity contribution in [1.82, 2.24) is 10.1 Å². The summed E-state index contributed by atoms with van der Waals surface area (Å²) in [7, 11) is 0. The summed E-state index contributed by atoms with van der Waals surface area (Å²) in [6, 6.07) is 0. The maximum absolute atomic E-state index is 5.99. The minimum absolute atomic E-state index is 0.103. The third-order valence-electron chi connectivity index (χ3n) is 3.81. The van der Waals surface area contributed by atoms with Gasteiger partial charge in [-0.05, 0) is 19.8 Å². The molecule has 1 fully saturated rings. The fraction of sp³-hybridized carbons (Fsp3) is 0.846. The first-order valence-electron chi connectivity index (χ1n) is 6.91. The molecule has 2 N–H and O–H groups in total. The monoisotopic (exact) mass is 253 g/mol. The zero-order chi connectivity index (χ0) is 12.8. The molecule has 1 heterocycles. The average Bonchev–Trinajstić information content (AvgIpc) is 2.74. The predicted molar refractivity (Wildman–Crippen MR) is 68.1 cm³/mol. The highest BCUT2D eigenvalue weighted by molar-refractivity contribution is 5.07. The van der Waals surface area contributed by atoms with Gasteiger partial charge >= 0.3 is 0 Å². The Bertz CT molecular complexity index is 357. The van der Waals surface area contributed by atoms with Gasteiger partial charge in [0.25, 0.3) is 0 Å². The molecular weight excluding hydrogens is 230 g/mol. The van der Waals surface area contributed by atoms with Crippen molar-refractivity contribution in [3.05, 3.63) is 11.7 Å². The van der Waals surface area contributed by atoms with Crippen LogP contribution in [-0.4, -0.2) is 23.3 Å². The molecular formula is C13H23N3O2. The second-order valence-electron chi connectivity index (χ2n) is 5.05. The Morgan fingerprint density at radius 3 is 2.61 bits per heavy atom. The number of ether oxygens (including phenoxy) is 1. The molecule has 0 amide bonds. The van der Waals surface area contributed by atoms with Gasteiger partial charge in [-0.3, -0.25) is 0 Å². The van der Waals surface area contributed by atoms with Crippen LogP contribution < -0.4 is 5.73 Å². The van der Waals surface area contributed by atoms with Gasteiger partial charge in [-0.15, -0.1) is 0 Å². The first kappa shape index (κ1) is 13.5. The van der Waals surface area contributed by atoms with E-state index in [0.29, 0.717) is 31.5 Å². The number of hydrogen-bond donors (Lipinski definition) is 1. The summed E-state index contributed by atoms with van der Waals surface area (Å²) in [6.45, 7) is 3.61. The highest BCUT2D eigenvalue weighted by atomic mass is 16.5. The van der Waals surface area contributed by atoms with Crippen LogP contribution in [0.1, 0.15) is 57.2 Å². The lowest BCUT2D eigenvalue weighted by molar-refractivity contribution is 0.126. The normalized spacial score (nSPS) is 19.7. The molecule has 1 aliphatic carbocycles. The van der Waals surface area contributed by atoms with E-state index in [1.165, 1.54) is 25.7 Å². The first-order chi connectivity index (χ1) is 8.80. The van der Waals surface area contributed by atoms with Crippen molar-refractivity contribution in [2.75, 3.05) is 13.2 Å². The zero-order valence-corrected chi connectivity index (χ0v) is 11.2. The van der Waals surface area contributed by atoms with Crippen LogP contribution in [-0.2, 0) is 16.8 Å². The van der Waals surface area contributed by atoms with E-state index >= 15 is 0 Å². The van der Waals surface area contributed by atoms with Crippen molar-refractivity contribution in [3.8, 4) is 0 Å². The average molecular weight is 253 g/mol. The number of aromatic nitrogens is 2. The van der Waals surface area contributed by atoms with Crippen LogP contribution in [0.2, 0.25) is 0 Å². The van der Waals surface area contributed by atoms with Crippen LogP contribution in [0.3, 0.4) is 0 Å². The molecule has 1 aliphatic rings. The molecule has 0 unspecified atom stereocenters. The minimum Gasteiger partial charge on any atom is -0.374 e. The molecule has 18 heavy (non-hydrogen) atoms. The van der Waals surface area contributed by atoms with Crippen molar-refractivity contribution < 1.29 is 9.26 Å². The summed E-state index contributed by atoms with van der Waals surface area (Å²) in [6.07, 6.45) is 7.06. The van der Waals surface area contributed by atoms with Gasteiger partial charge in [-0.2, -0.15) is 4.98 Å². The van der Waals surface area contributed by atoms with Gasteiger partial charge < -0.3 is 15.0 Å². The lowest BCUT2D eigenvalue weighted by Crippen LogP contribution is -2.35. The molecule has 1 aromatic heterocycles. The molecule has 0 atom stereocenters. The van der Waals surface area contributed by atoms with E-state index in [9.17, 15) is 0 Å². The van der Waals surface area contributed by atoms with Crippen LogP contribution in [0.5, 0.6) is 0 Å². The first-order valence-corrected chi connectivity index (χ1v) is 6.91. The maximum atomic E-state index is 5.99. The molecule has 0 aliphatic heterocycles. The van der Waals surface area contributed by atoms with E-state index in [-0.39, 0.29) is 5.41 Å². The summed E-state index contributed by atoms with van der Waals surface area (Å²) < 4.78 is 10.7. The maximum Gasteiger partial charge on any atom is 0.234 e. The fourth-order valence-electron chi connectivity index (χ4n) is 2.63. The van der Waals surface area contributed by atoms with E-state index in [4.69, 9.17) is 15.0 Å². The Labute approximate surface area is 108 Å². The highest BCUT2D eigenvalue weighted by Gasteiger charge is 2.37. The van der Waals surface area contributed by atoms with Crippen molar-refractivity contribution in [2.45, 2.75) is 57.5 Å². The van der Waals surface area contributed by atoms with Gasteiger partial charge in [0.15, 0.2) is 5.82 Å². The van der Waals surface area contributed by atoms with Crippen molar-refractivity contribution in [3.63, 3.8) is 0 Å². The largest absolute Gasteiger partial charge is 0.374 e. The van der Waals surface area contributed by atoms with Crippen LogP contribution in [0, 0.1) is 0 Å². The molecule has 0 spiro atoms. The van der Waals surface area contributed by atoms with Gasteiger partial charge in [0.05, 0.1) is 5.41 Å². The quantitative estimate of drug-likeness (QED) is 0.814. The number of hydrogen-bond acceptors (Lipinski definition) is 5. The van der Waals surface area contributed by atoms with Gasteiger partial charge in [0.1, 0.15) is 6.61 Å². The molecule has 5 heteroatoms. The minimum atomic E-state index is -0.103. The lowest BCUT2D eigenvalue weighted by Gasteiger charge is -2.26. The number of nitrogens with two attached hydrogens (primary N) is 1. The van der Waals surface area contributed by atoms with E-state index in [2.05, 4.69) is 10.1 Å². The standard InChI is InChI=1S/C13H23N3O2/c1-2-17-9-11-15-12(18-16-11)13(10-14)7-5-3-4-6-8-13/h2-10,14H2,1H3. The van der Waals surface area contributed by atoms with E-state index in [1.807, 2.05) is 6.92 Å². The van der Waals surface area contributed by atoms with Crippen LogP contribution >= 0.6 is 0 Å². The number of nitrogens with zero attached hydrogens (tertiary/aromatic N) is 2. The Kier molecular flexibility index (Phi) is 4.72. The molecule has 1 saturated carbocycles. The molecule has 0 radical (unpaired) electrons. The summed E-state index contributed by atoms with van der Waals surface area (Å²) in [5.41, 5.74) is 5.89. The molecule has 5 nitrogen and oxygen atoms in total. The van der Waals surface area contributed by atoms with E-state index < -0.39 is 0 Å². The van der Waals surface area contributed by atoms with Crippen molar-refractivity contribution >= 4 is 0 Å². The smallest absolute Gasteiger partial charge is 0.234 e. The van der Waals surface area contributed by atoms with Crippen LogP contribution in [0.15, 0.2) is 4.52 Å². The van der Waals surface area contributed by atoms with Gasteiger partial charge in [-0.1, -0.05) is 30.8 Å². The van der Waals surface area contributed by atoms with Gasteiger partial charge in [0, 0.05) is 13.2 Å². The fourth-order valence-corrected chi connectivity index (χ4v) is 2.63. The van der Waals surface area contributed by atoms with Crippen molar-refractivity contribution in [2.24, 2.45) is 5.73 Å².